The Kier molecular flexibility index (Phi) is 3.78. The Bertz CT molecular complexity index is 448. The van der Waals surface area contributed by atoms with Gasteiger partial charge < -0.3 is 9.84 Å². The average Bonchev–Trinajstić information content (AvgIpc) is 2.40. The third-order valence-electron chi connectivity index (χ3n) is 2.62. The molecular formula is C15H16O2. The van der Waals surface area contributed by atoms with Crippen LogP contribution in [0.2, 0.25) is 0 Å². The summed E-state index contributed by atoms with van der Waals surface area (Å²) in [6, 6.07) is 17.2. The van der Waals surface area contributed by atoms with Gasteiger partial charge in [-0.3, -0.25) is 0 Å². The maximum absolute atomic E-state index is 10.2. The smallest absolute Gasteiger partial charge is 0.119 e. The third kappa shape index (κ3) is 2.86. The molecule has 88 valence electrons. The Balaban J connectivity index is 2.17. The van der Waals surface area contributed by atoms with Crippen molar-refractivity contribution >= 4 is 0 Å². The summed E-state index contributed by atoms with van der Waals surface area (Å²) in [5, 5.41) is 10.2. The number of hydrogen-bond donors (Lipinski definition) is 1. The van der Waals surface area contributed by atoms with Crippen molar-refractivity contribution in [2.24, 2.45) is 0 Å². The molecule has 2 aromatic carbocycles. The molecule has 1 atom stereocenters. The van der Waals surface area contributed by atoms with Gasteiger partial charge in [0.05, 0.1) is 6.61 Å². The van der Waals surface area contributed by atoms with Crippen LogP contribution in [0.4, 0.5) is 0 Å². The second kappa shape index (κ2) is 5.51. The lowest BCUT2D eigenvalue weighted by Crippen LogP contribution is -1.99. The fourth-order valence-electron chi connectivity index (χ4n) is 1.74. The SMILES string of the molecule is CCOc1ccc(C(O)c2ccccc2)cc1. The Morgan fingerprint density at radius 3 is 2.12 bits per heavy atom. The summed E-state index contributed by atoms with van der Waals surface area (Å²) in [7, 11) is 0. The van der Waals surface area contributed by atoms with Crippen LogP contribution in [-0.2, 0) is 0 Å². The Morgan fingerprint density at radius 2 is 1.53 bits per heavy atom. The van der Waals surface area contributed by atoms with E-state index in [1.807, 2.05) is 61.5 Å². The summed E-state index contributed by atoms with van der Waals surface area (Å²) in [6.45, 7) is 2.60. The Hall–Kier alpha value is -1.80. The first-order valence-electron chi connectivity index (χ1n) is 5.77. The standard InChI is InChI=1S/C15H16O2/c1-2-17-14-10-8-13(9-11-14)15(16)12-6-4-3-5-7-12/h3-11,15-16H,2H2,1H3. The van der Waals surface area contributed by atoms with Crippen molar-refractivity contribution in [1.82, 2.24) is 0 Å². The van der Waals surface area contributed by atoms with Gasteiger partial charge in [0.2, 0.25) is 0 Å². The Labute approximate surface area is 101 Å². The summed E-state index contributed by atoms with van der Waals surface area (Å²) >= 11 is 0. The van der Waals surface area contributed by atoms with Gasteiger partial charge in [-0.1, -0.05) is 42.5 Å². The van der Waals surface area contributed by atoms with Crippen LogP contribution in [0, 0.1) is 0 Å². The lowest BCUT2D eigenvalue weighted by atomic mass is 10.0. The fourth-order valence-corrected chi connectivity index (χ4v) is 1.74. The van der Waals surface area contributed by atoms with Gasteiger partial charge in [0.15, 0.2) is 0 Å². The van der Waals surface area contributed by atoms with E-state index in [9.17, 15) is 5.11 Å². The van der Waals surface area contributed by atoms with Crippen LogP contribution in [0.15, 0.2) is 54.6 Å². The minimum Gasteiger partial charge on any atom is -0.494 e. The average molecular weight is 228 g/mol. The zero-order valence-electron chi connectivity index (χ0n) is 9.84. The maximum Gasteiger partial charge on any atom is 0.119 e. The molecule has 0 aromatic heterocycles. The topological polar surface area (TPSA) is 29.5 Å². The molecule has 0 aliphatic rings. The molecule has 2 nitrogen and oxygen atoms in total. The van der Waals surface area contributed by atoms with E-state index in [0.717, 1.165) is 16.9 Å². The first-order valence-corrected chi connectivity index (χ1v) is 5.77. The highest BCUT2D eigenvalue weighted by molar-refractivity contribution is 5.33. The fraction of sp³-hybridized carbons (Fsp3) is 0.200. The summed E-state index contributed by atoms with van der Waals surface area (Å²) < 4.78 is 5.36. The van der Waals surface area contributed by atoms with Crippen molar-refractivity contribution in [3.8, 4) is 5.75 Å². The van der Waals surface area contributed by atoms with Crippen molar-refractivity contribution in [3.63, 3.8) is 0 Å². The molecule has 0 bridgehead atoms. The second-order valence-electron chi connectivity index (χ2n) is 3.82. The van der Waals surface area contributed by atoms with Gasteiger partial charge in [-0.05, 0) is 30.2 Å². The molecule has 1 unspecified atom stereocenters. The predicted molar refractivity (Wildman–Crippen MR) is 68.1 cm³/mol. The molecule has 0 fully saturated rings. The van der Waals surface area contributed by atoms with Crippen LogP contribution in [0.5, 0.6) is 5.75 Å². The molecule has 1 N–H and O–H groups in total. The molecule has 0 spiro atoms. The van der Waals surface area contributed by atoms with Crippen molar-refractivity contribution in [1.29, 1.82) is 0 Å². The van der Waals surface area contributed by atoms with E-state index in [2.05, 4.69) is 0 Å². The van der Waals surface area contributed by atoms with Gasteiger partial charge >= 0.3 is 0 Å². The van der Waals surface area contributed by atoms with E-state index < -0.39 is 6.10 Å². The minimum atomic E-state index is -0.577. The van der Waals surface area contributed by atoms with Gasteiger partial charge in [-0.25, -0.2) is 0 Å². The zero-order valence-corrected chi connectivity index (χ0v) is 9.84. The molecule has 2 aromatic rings. The van der Waals surface area contributed by atoms with E-state index in [0.29, 0.717) is 6.61 Å². The molecule has 17 heavy (non-hydrogen) atoms. The first kappa shape index (κ1) is 11.7. The number of aliphatic hydroxyl groups excluding tert-OH is 1. The number of hydrogen-bond acceptors (Lipinski definition) is 2. The second-order valence-corrected chi connectivity index (χ2v) is 3.82. The highest BCUT2D eigenvalue weighted by Crippen LogP contribution is 2.23. The summed E-state index contributed by atoms with van der Waals surface area (Å²) in [6.07, 6.45) is -0.577. The molecule has 0 aliphatic heterocycles. The van der Waals surface area contributed by atoms with E-state index in [-0.39, 0.29) is 0 Å². The molecule has 0 saturated heterocycles. The van der Waals surface area contributed by atoms with E-state index in [1.54, 1.807) is 0 Å². The van der Waals surface area contributed by atoms with Crippen molar-refractivity contribution in [2.45, 2.75) is 13.0 Å². The lowest BCUT2D eigenvalue weighted by molar-refractivity contribution is 0.220. The normalized spacial score (nSPS) is 12.1. The van der Waals surface area contributed by atoms with Crippen molar-refractivity contribution in [2.75, 3.05) is 6.61 Å². The minimum absolute atomic E-state index is 0.577. The van der Waals surface area contributed by atoms with E-state index >= 15 is 0 Å². The number of aliphatic hydroxyl groups is 1. The highest BCUT2D eigenvalue weighted by Gasteiger charge is 2.09. The molecule has 0 amide bonds. The van der Waals surface area contributed by atoms with E-state index in [1.165, 1.54) is 0 Å². The number of rotatable bonds is 4. The molecule has 0 heterocycles. The van der Waals surface area contributed by atoms with Crippen LogP contribution < -0.4 is 4.74 Å². The molecule has 0 aliphatic carbocycles. The highest BCUT2D eigenvalue weighted by atomic mass is 16.5. The molecule has 0 saturated carbocycles. The van der Waals surface area contributed by atoms with Crippen LogP contribution in [0.1, 0.15) is 24.2 Å². The third-order valence-corrected chi connectivity index (χ3v) is 2.62. The zero-order chi connectivity index (χ0) is 12.1. The maximum atomic E-state index is 10.2. The van der Waals surface area contributed by atoms with Crippen LogP contribution in [-0.4, -0.2) is 11.7 Å². The predicted octanol–water partition coefficient (Wildman–Crippen LogP) is 3.17. The van der Waals surface area contributed by atoms with Crippen LogP contribution >= 0.6 is 0 Å². The van der Waals surface area contributed by atoms with Gasteiger partial charge in [0.1, 0.15) is 11.9 Å². The summed E-state index contributed by atoms with van der Waals surface area (Å²) in [5.74, 6) is 0.830. The van der Waals surface area contributed by atoms with Crippen LogP contribution in [0.3, 0.4) is 0 Å². The van der Waals surface area contributed by atoms with Crippen molar-refractivity contribution in [3.05, 3.63) is 65.7 Å². The van der Waals surface area contributed by atoms with Crippen LogP contribution in [0.25, 0.3) is 0 Å². The monoisotopic (exact) mass is 228 g/mol. The number of benzene rings is 2. The van der Waals surface area contributed by atoms with Gasteiger partial charge in [-0.15, -0.1) is 0 Å². The largest absolute Gasteiger partial charge is 0.494 e. The molecule has 2 rings (SSSR count). The van der Waals surface area contributed by atoms with E-state index in [4.69, 9.17) is 4.74 Å². The quantitative estimate of drug-likeness (QED) is 0.871. The first-order chi connectivity index (χ1) is 8.31. The van der Waals surface area contributed by atoms with Gasteiger partial charge in [0, 0.05) is 0 Å². The lowest BCUT2D eigenvalue weighted by Gasteiger charge is -2.12. The molecule has 0 radical (unpaired) electrons. The summed E-state index contributed by atoms with van der Waals surface area (Å²) in [4.78, 5) is 0. The van der Waals surface area contributed by atoms with Gasteiger partial charge in [-0.2, -0.15) is 0 Å². The summed E-state index contributed by atoms with van der Waals surface area (Å²) in [5.41, 5.74) is 1.77. The van der Waals surface area contributed by atoms with Crippen molar-refractivity contribution < 1.29 is 9.84 Å². The Morgan fingerprint density at radius 1 is 0.941 bits per heavy atom. The number of ether oxygens (including phenoxy) is 1. The molecular weight excluding hydrogens is 212 g/mol. The van der Waals surface area contributed by atoms with Gasteiger partial charge in [0.25, 0.3) is 0 Å². The molecule has 2 heteroatoms.